The Hall–Kier alpha value is -2.37. The van der Waals surface area contributed by atoms with Crippen molar-refractivity contribution in [2.75, 3.05) is 0 Å². The minimum Gasteiger partial charge on any atom is -0.432 e. The van der Waals surface area contributed by atoms with Gasteiger partial charge in [0.2, 0.25) is 17.6 Å². The van der Waals surface area contributed by atoms with Crippen molar-refractivity contribution in [1.82, 2.24) is 14.8 Å². The molecule has 0 N–H and O–H groups in total. The van der Waals surface area contributed by atoms with Crippen molar-refractivity contribution in [3.05, 3.63) is 40.6 Å². The molecule has 0 aromatic carbocycles. The van der Waals surface area contributed by atoms with Crippen LogP contribution in [0.4, 0.5) is 26.3 Å². The van der Waals surface area contributed by atoms with Crippen LogP contribution in [-0.4, -0.2) is 20.3 Å². The molecule has 2 rings (SSSR count). The van der Waals surface area contributed by atoms with E-state index < -0.39 is 34.2 Å². The molecule has 0 spiro atoms. The first kappa shape index (κ1) is 20.9. The third-order valence-electron chi connectivity index (χ3n) is 2.92. The summed E-state index contributed by atoms with van der Waals surface area (Å²) in [7, 11) is 1.25. The molecule has 0 unspecified atom stereocenters. The molecule has 0 amide bonds. The number of aromatic nitrogens is 3. The summed E-state index contributed by atoms with van der Waals surface area (Å²) in [4.78, 5) is 3.87. The van der Waals surface area contributed by atoms with Crippen LogP contribution in [0, 0.1) is 6.92 Å². The minimum atomic E-state index is -4.65. The zero-order valence-corrected chi connectivity index (χ0v) is 15.0. The summed E-state index contributed by atoms with van der Waals surface area (Å²) in [6.07, 6.45) is -3.54. The molecule has 148 valence electrons. The molecule has 5 nitrogen and oxygen atoms in total. The first-order chi connectivity index (χ1) is 12.4. The average Bonchev–Trinajstić information content (AvgIpc) is 2.86. The second kappa shape index (κ2) is 7.71. The van der Waals surface area contributed by atoms with Gasteiger partial charge in [0.05, 0.1) is 0 Å². The Labute approximate surface area is 154 Å². The zero-order chi connectivity index (χ0) is 20.4. The third kappa shape index (κ3) is 6.08. The van der Waals surface area contributed by atoms with E-state index in [9.17, 15) is 26.3 Å². The molecule has 0 atom stereocenters. The molecule has 27 heavy (non-hydrogen) atoms. The summed E-state index contributed by atoms with van der Waals surface area (Å²) >= 11 is -0.460. The van der Waals surface area contributed by atoms with Crippen molar-refractivity contribution in [2.45, 2.75) is 25.5 Å². The fourth-order valence-electron chi connectivity index (χ4n) is 1.86. The van der Waals surface area contributed by atoms with Gasteiger partial charge in [-0.2, -0.15) is 36.4 Å². The van der Waals surface area contributed by atoms with Gasteiger partial charge in [0.25, 0.3) is 0 Å². The molecule has 0 aliphatic rings. The van der Waals surface area contributed by atoms with E-state index in [2.05, 4.69) is 10.1 Å². The van der Waals surface area contributed by atoms with Gasteiger partial charge in [-0.05, 0) is 25.5 Å². The number of hydrogen-bond donors (Lipinski definition) is 0. The van der Waals surface area contributed by atoms with Gasteiger partial charge in [-0.1, -0.05) is 0 Å². The summed E-state index contributed by atoms with van der Waals surface area (Å²) in [5.41, 5.74) is -5.18. The van der Waals surface area contributed by atoms with Gasteiger partial charge in [-0.15, -0.1) is 0 Å². The maximum Gasteiger partial charge on any atom is 0.449 e. The SMILES string of the molecule is CC=C(Oc1cc(C)cc(Oc2cc(C(F)(F)F)nn2C)n1)SC(F)(F)F. The lowest BCUT2D eigenvalue weighted by Gasteiger charge is -2.12. The molecule has 2 aromatic heterocycles. The van der Waals surface area contributed by atoms with Gasteiger partial charge in [-0.25, -0.2) is 4.68 Å². The molecule has 0 bridgehead atoms. The zero-order valence-electron chi connectivity index (χ0n) is 14.1. The molecule has 12 heteroatoms. The fourth-order valence-corrected chi connectivity index (χ4v) is 2.33. The van der Waals surface area contributed by atoms with Crippen molar-refractivity contribution in [1.29, 1.82) is 0 Å². The van der Waals surface area contributed by atoms with E-state index >= 15 is 0 Å². The smallest absolute Gasteiger partial charge is 0.432 e. The Morgan fingerprint density at radius 1 is 1.11 bits per heavy atom. The normalized spacial score (nSPS) is 13.0. The first-order valence-electron chi connectivity index (χ1n) is 7.25. The second-order valence-corrected chi connectivity index (χ2v) is 6.24. The maximum atomic E-state index is 12.7. The monoisotopic (exact) mass is 413 g/mol. The quantitative estimate of drug-likeness (QED) is 0.483. The summed E-state index contributed by atoms with van der Waals surface area (Å²) < 4.78 is 86.8. The maximum absolute atomic E-state index is 12.7. The molecule has 0 saturated heterocycles. The predicted molar refractivity (Wildman–Crippen MR) is 85.3 cm³/mol. The van der Waals surface area contributed by atoms with Crippen LogP contribution in [0.1, 0.15) is 18.2 Å². The molecule has 2 heterocycles. The number of pyridine rings is 1. The highest BCUT2D eigenvalue weighted by Crippen LogP contribution is 2.37. The third-order valence-corrected chi connectivity index (χ3v) is 3.67. The lowest BCUT2D eigenvalue weighted by molar-refractivity contribution is -0.141. The summed E-state index contributed by atoms with van der Waals surface area (Å²) in [6.45, 7) is 2.95. The number of thioether (sulfide) groups is 1. The predicted octanol–water partition coefficient (Wildman–Crippen LogP) is 5.43. The molecule has 0 saturated carbocycles. The van der Waals surface area contributed by atoms with E-state index in [1.165, 1.54) is 26.1 Å². The van der Waals surface area contributed by atoms with E-state index in [0.29, 0.717) is 11.6 Å². The topological polar surface area (TPSA) is 49.2 Å². The molecular formula is C15H13F6N3O2S. The van der Waals surface area contributed by atoms with Crippen LogP contribution in [-0.2, 0) is 13.2 Å². The Bertz CT molecular complexity index is 845. The van der Waals surface area contributed by atoms with Crippen molar-refractivity contribution < 1.29 is 35.8 Å². The average molecular weight is 413 g/mol. The number of allylic oxidation sites excluding steroid dienone is 1. The number of aryl methyl sites for hydroxylation is 2. The van der Waals surface area contributed by atoms with Gasteiger partial charge in [0.1, 0.15) is 0 Å². The molecule has 0 fully saturated rings. The van der Waals surface area contributed by atoms with Gasteiger partial charge in [0.15, 0.2) is 10.8 Å². The number of hydrogen-bond acceptors (Lipinski definition) is 5. The summed E-state index contributed by atoms with van der Waals surface area (Å²) in [5.74, 6) is -0.607. The Morgan fingerprint density at radius 3 is 2.26 bits per heavy atom. The molecule has 0 radical (unpaired) electrons. The van der Waals surface area contributed by atoms with Crippen LogP contribution in [0.5, 0.6) is 17.6 Å². The number of halogens is 6. The Morgan fingerprint density at radius 2 is 1.74 bits per heavy atom. The second-order valence-electron chi connectivity index (χ2n) is 5.17. The lowest BCUT2D eigenvalue weighted by atomic mass is 10.3. The molecule has 0 aliphatic carbocycles. The molecule has 2 aromatic rings. The minimum absolute atomic E-state index is 0.158. The van der Waals surface area contributed by atoms with E-state index in [1.807, 2.05) is 0 Å². The highest BCUT2D eigenvalue weighted by molar-refractivity contribution is 8.03. The van der Waals surface area contributed by atoms with E-state index in [1.54, 1.807) is 6.92 Å². The highest BCUT2D eigenvalue weighted by Gasteiger charge is 2.35. The van der Waals surface area contributed by atoms with Gasteiger partial charge in [-0.3, -0.25) is 0 Å². The van der Waals surface area contributed by atoms with E-state index in [0.717, 1.165) is 10.8 Å². The summed E-state index contributed by atoms with van der Waals surface area (Å²) in [6, 6.07) is 3.43. The first-order valence-corrected chi connectivity index (χ1v) is 8.06. The number of nitrogens with zero attached hydrogens (tertiary/aromatic N) is 3. The van der Waals surface area contributed by atoms with Gasteiger partial charge in [0, 0.05) is 37.0 Å². The van der Waals surface area contributed by atoms with E-state index in [4.69, 9.17) is 9.47 Å². The van der Waals surface area contributed by atoms with Crippen molar-refractivity contribution >= 4 is 11.8 Å². The Balaban J connectivity index is 2.24. The van der Waals surface area contributed by atoms with Crippen LogP contribution < -0.4 is 9.47 Å². The highest BCUT2D eigenvalue weighted by atomic mass is 32.2. The van der Waals surface area contributed by atoms with Crippen molar-refractivity contribution in [3.63, 3.8) is 0 Å². The van der Waals surface area contributed by atoms with Crippen LogP contribution in [0.15, 0.2) is 29.4 Å². The molecular weight excluding hydrogens is 400 g/mol. The fraction of sp³-hybridized carbons (Fsp3) is 0.333. The largest absolute Gasteiger partial charge is 0.449 e. The van der Waals surface area contributed by atoms with Gasteiger partial charge < -0.3 is 9.47 Å². The molecule has 0 aliphatic heterocycles. The number of ether oxygens (including phenoxy) is 2. The van der Waals surface area contributed by atoms with Crippen molar-refractivity contribution in [3.8, 4) is 17.6 Å². The summed E-state index contributed by atoms with van der Waals surface area (Å²) in [5, 5.41) is 2.84. The van der Waals surface area contributed by atoms with Crippen LogP contribution in [0.25, 0.3) is 0 Å². The van der Waals surface area contributed by atoms with Crippen LogP contribution in [0.3, 0.4) is 0 Å². The van der Waals surface area contributed by atoms with Crippen molar-refractivity contribution in [2.24, 2.45) is 7.05 Å². The number of rotatable bonds is 5. The van der Waals surface area contributed by atoms with Crippen LogP contribution >= 0.6 is 11.8 Å². The van der Waals surface area contributed by atoms with E-state index in [-0.39, 0.29) is 17.6 Å². The number of alkyl halides is 6. The van der Waals surface area contributed by atoms with Gasteiger partial charge >= 0.3 is 11.7 Å². The van der Waals surface area contributed by atoms with Crippen LogP contribution in [0.2, 0.25) is 0 Å². The Kier molecular flexibility index (Phi) is 5.97. The lowest BCUT2D eigenvalue weighted by Crippen LogP contribution is -2.06. The standard InChI is InChI=1S/C15H13F6N3O2S/c1-4-13(27-15(19,20)21)26-11-6-8(2)5-10(22-11)25-12-7-9(14(16,17)18)23-24(12)3/h4-7H,1-3H3.